The number of methoxy groups -OCH3 is 2. The fourth-order valence-electron chi connectivity index (χ4n) is 3.16. The monoisotopic (exact) mass is 242 g/mol. The predicted octanol–water partition coefficient (Wildman–Crippen LogP) is 1.07. The van der Waals surface area contributed by atoms with Crippen molar-refractivity contribution in [3.8, 4) is 0 Å². The second-order valence-electron chi connectivity index (χ2n) is 5.27. The van der Waals surface area contributed by atoms with E-state index in [0.717, 1.165) is 18.5 Å². The Bertz CT molecular complexity index is 215. The summed E-state index contributed by atoms with van der Waals surface area (Å²) in [4.78, 5) is 2.49. The molecule has 2 rings (SSSR count). The molecular weight excluding hydrogens is 216 g/mol. The summed E-state index contributed by atoms with van der Waals surface area (Å²) < 4.78 is 10.6. The van der Waals surface area contributed by atoms with Crippen LogP contribution in [0.2, 0.25) is 0 Å². The van der Waals surface area contributed by atoms with Gasteiger partial charge in [0.1, 0.15) is 0 Å². The third-order valence-corrected chi connectivity index (χ3v) is 4.14. The van der Waals surface area contributed by atoms with Gasteiger partial charge in [-0.15, -0.1) is 0 Å². The molecule has 4 heteroatoms. The van der Waals surface area contributed by atoms with Crippen molar-refractivity contribution in [2.24, 2.45) is 5.92 Å². The summed E-state index contributed by atoms with van der Waals surface area (Å²) in [6, 6.07) is 0.751. The Kier molecular flexibility index (Phi) is 5.22. The smallest absolute Gasteiger partial charge is 0.169 e. The van der Waals surface area contributed by atoms with Gasteiger partial charge in [-0.1, -0.05) is 0 Å². The Morgan fingerprint density at radius 1 is 1.24 bits per heavy atom. The number of hydrogen-bond acceptors (Lipinski definition) is 4. The molecule has 4 nitrogen and oxygen atoms in total. The highest BCUT2D eigenvalue weighted by Gasteiger charge is 2.29. The van der Waals surface area contributed by atoms with Crippen molar-refractivity contribution in [2.75, 3.05) is 40.4 Å². The number of ether oxygens (including phenoxy) is 2. The lowest BCUT2D eigenvalue weighted by Crippen LogP contribution is -2.46. The minimum atomic E-state index is -0.0784. The Labute approximate surface area is 105 Å². The molecule has 2 fully saturated rings. The summed E-state index contributed by atoms with van der Waals surface area (Å²) in [5.74, 6) is 0.820. The molecule has 2 heterocycles. The summed E-state index contributed by atoms with van der Waals surface area (Å²) in [5.41, 5.74) is 0. The zero-order chi connectivity index (χ0) is 12.1. The van der Waals surface area contributed by atoms with Crippen LogP contribution in [0.5, 0.6) is 0 Å². The van der Waals surface area contributed by atoms with E-state index in [1.165, 1.54) is 45.3 Å². The van der Waals surface area contributed by atoms with Crippen molar-refractivity contribution in [2.45, 2.75) is 38.0 Å². The molecule has 0 radical (unpaired) electrons. The number of hydrogen-bond donors (Lipinski definition) is 1. The summed E-state index contributed by atoms with van der Waals surface area (Å²) in [7, 11) is 3.43. The van der Waals surface area contributed by atoms with Crippen molar-refractivity contribution in [1.29, 1.82) is 0 Å². The van der Waals surface area contributed by atoms with Gasteiger partial charge in [0.15, 0.2) is 6.29 Å². The summed E-state index contributed by atoms with van der Waals surface area (Å²) in [6.45, 7) is 4.49. The maximum atomic E-state index is 5.28. The van der Waals surface area contributed by atoms with E-state index in [-0.39, 0.29) is 6.29 Å². The summed E-state index contributed by atoms with van der Waals surface area (Å²) >= 11 is 0. The SMILES string of the molecule is COC(CN1CCCC(C2CCCN2)C1)OC. The van der Waals surface area contributed by atoms with Crippen LogP contribution in [-0.2, 0) is 9.47 Å². The number of nitrogens with one attached hydrogen (secondary N) is 1. The van der Waals surface area contributed by atoms with Crippen LogP contribution in [0.3, 0.4) is 0 Å². The van der Waals surface area contributed by atoms with E-state index in [2.05, 4.69) is 10.2 Å². The Morgan fingerprint density at radius 2 is 2.06 bits per heavy atom. The van der Waals surface area contributed by atoms with Crippen LogP contribution < -0.4 is 5.32 Å². The standard InChI is InChI=1S/C13H26N2O2/c1-16-13(17-2)10-15-8-4-5-11(9-15)12-6-3-7-14-12/h11-14H,3-10H2,1-2H3. The first-order valence-electron chi connectivity index (χ1n) is 6.85. The first-order chi connectivity index (χ1) is 8.33. The van der Waals surface area contributed by atoms with Crippen LogP contribution in [0.1, 0.15) is 25.7 Å². The molecule has 0 spiro atoms. The molecule has 2 aliphatic heterocycles. The van der Waals surface area contributed by atoms with Crippen LogP contribution >= 0.6 is 0 Å². The van der Waals surface area contributed by atoms with Crippen molar-refractivity contribution in [3.05, 3.63) is 0 Å². The largest absolute Gasteiger partial charge is 0.355 e. The zero-order valence-electron chi connectivity index (χ0n) is 11.2. The Balaban J connectivity index is 1.79. The van der Waals surface area contributed by atoms with Gasteiger partial charge in [-0.05, 0) is 44.7 Å². The van der Waals surface area contributed by atoms with Crippen molar-refractivity contribution < 1.29 is 9.47 Å². The van der Waals surface area contributed by atoms with E-state index >= 15 is 0 Å². The van der Waals surface area contributed by atoms with E-state index in [4.69, 9.17) is 9.47 Å². The molecular formula is C13H26N2O2. The summed E-state index contributed by atoms with van der Waals surface area (Å²) in [6.07, 6.45) is 5.31. The van der Waals surface area contributed by atoms with Crippen LogP contribution in [-0.4, -0.2) is 57.6 Å². The average Bonchev–Trinajstić information content (AvgIpc) is 2.90. The first-order valence-corrected chi connectivity index (χ1v) is 6.85. The van der Waals surface area contributed by atoms with Crippen molar-refractivity contribution in [3.63, 3.8) is 0 Å². The molecule has 0 amide bonds. The van der Waals surface area contributed by atoms with E-state index in [9.17, 15) is 0 Å². The topological polar surface area (TPSA) is 33.7 Å². The minimum Gasteiger partial charge on any atom is -0.355 e. The van der Waals surface area contributed by atoms with Gasteiger partial charge in [0.05, 0.1) is 0 Å². The van der Waals surface area contributed by atoms with Gasteiger partial charge in [0, 0.05) is 33.4 Å². The van der Waals surface area contributed by atoms with Crippen LogP contribution in [0.25, 0.3) is 0 Å². The summed E-state index contributed by atoms with van der Waals surface area (Å²) in [5, 5.41) is 3.64. The number of likely N-dealkylation sites (tertiary alicyclic amines) is 1. The van der Waals surface area contributed by atoms with Gasteiger partial charge in [-0.25, -0.2) is 0 Å². The maximum absolute atomic E-state index is 5.28. The quantitative estimate of drug-likeness (QED) is 0.731. The van der Waals surface area contributed by atoms with Crippen LogP contribution in [0.15, 0.2) is 0 Å². The molecule has 0 aromatic heterocycles. The van der Waals surface area contributed by atoms with Gasteiger partial charge in [-0.3, -0.25) is 4.90 Å². The fourth-order valence-corrected chi connectivity index (χ4v) is 3.16. The fraction of sp³-hybridized carbons (Fsp3) is 1.00. The number of rotatable bonds is 5. The van der Waals surface area contributed by atoms with Gasteiger partial charge in [-0.2, -0.15) is 0 Å². The Hall–Kier alpha value is -0.160. The first kappa shape index (κ1) is 13.3. The third-order valence-electron chi connectivity index (χ3n) is 4.14. The maximum Gasteiger partial charge on any atom is 0.169 e. The second kappa shape index (κ2) is 6.69. The van der Waals surface area contributed by atoms with Gasteiger partial charge in [0.25, 0.3) is 0 Å². The van der Waals surface area contributed by atoms with Gasteiger partial charge < -0.3 is 14.8 Å². The lowest BCUT2D eigenvalue weighted by Gasteiger charge is -2.36. The third kappa shape index (κ3) is 3.65. The molecule has 2 atom stereocenters. The Morgan fingerprint density at radius 3 is 2.71 bits per heavy atom. The lowest BCUT2D eigenvalue weighted by molar-refractivity contribution is -0.119. The second-order valence-corrected chi connectivity index (χ2v) is 5.27. The van der Waals surface area contributed by atoms with E-state index in [1.54, 1.807) is 14.2 Å². The molecule has 0 aliphatic carbocycles. The highest BCUT2D eigenvalue weighted by atomic mass is 16.7. The van der Waals surface area contributed by atoms with E-state index in [1.807, 2.05) is 0 Å². The van der Waals surface area contributed by atoms with Gasteiger partial charge in [0.2, 0.25) is 0 Å². The molecule has 0 bridgehead atoms. The minimum absolute atomic E-state index is 0.0784. The molecule has 1 N–H and O–H groups in total. The number of nitrogens with zero attached hydrogens (tertiary/aromatic N) is 1. The van der Waals surface area contributed by atoms with Crippen molar-refractivity contribution >= 4 is 0 Å². The highest BCUT2D eigenvalue weighted by molar-refractivity contribution is 4.86. The molecule has 2 aliphatic rings. The van der Waals surface area contributed by atoms with Gasteiger partial charge >= 0.3 is 0 Å². The average molecular weight is 242 g/mol. The molecule has 2 saturated heterocycles. The van der Waals surface area contributed by atoms with E-state index < -0.39 is 0 Å². The van der Waals surface area contributed by atoms with Crippen molar-refractivity contribution in [1.82, 2.24) is 10.2 Å². The molecule has 0 aromatic carbocycles. The normalized spacial score (nSPS) is 31.2. The molecule has 2 unspecified atom stereocenters. The molecule has 100 valence electrons. The highest BCUT2D eigenvalue weighted by Crippen LogP contribution is 2.24. The molecule has 0 saturated carbocycles. The zero-order valence-corrected chi connectivity index (χ0v) is 11.2. The van der Waals surface area contributed by atoms with E-state index in [0.29, 0.717) is 0 Å². The molecule has 17 heavy (non-hydrogen) atoms. The predicted molar refractivity (Wildman–Crippen MR) is 68.0 cm³/mol. The van der Waals surface area contributed by atoms with Crippen LogP contribution in [0, 0.1) is 5.92 Å². The molecule has 0 aromatic rings. The lowest BCUT2D eigenvalue weighted by atomic mass is 9.90. The van der Waals surface area contributed by atoms with Crippen LogP contribution in [0.4, 0.5) is 0 Å². The number of piperidine rings is 1.